The molecule has 9 heteroatoms. The van der Waals surface area contributed by atoms with Crippen LogP contribution in [-0.2, 0) is 20.5 Å². The number of benzene rings is 2. The molecule has 198 valence electrons. The quantitative estimate of drug-likeness (QED) is 0.290. The monoisotopic (exact) mass is 524 g/mol. The Hall–Kier alpha value is -4.27. The number of alkyl halides is 3. The molecule has 3 aromatic rings. The summed E-state index contributed by atoms with van der Waals surface area (Å²) in [7, 11) is 2.77. The van der Waals surface area contributed by atoms with Gasteiger partial charge in [-0.15, -0.1) is 0 Å². The molecule has 1 aliphatic heterocycles. The van der Waals surface area contributed by atoms with Gasteiger partial charge < -0.3 is 14.0 Å². The van der Waals surface area contributed by atoms with Crippen molar-refractivity contribution in [2.75, 3.05) is 19.1 Å². The third-order valence-corrected chi connectivity index (χ3v) is 6.57. The van der Waals surface area contributed by atoms with E-state index in [-0.39, 0.29) is 22.5 Å². The number of carbonyl (C=O) groups is 2. The Bertz CT molecular complexity index is 1510. The number of aromatic nitrogens is 1. The van der Waals surface area contributed by atoms with Crippen molar-refractivity contribution >= 4 is 23.6 Å². The lowest BCUT2D eigenvalue weighted by Gasteiger charge is -2.19. The number of hydrogen-bond acceptors (Lipinski definition) is 4. The van der Waals surface area contributed by atoms with Gasteiger partial charge in [0.05, 0.1) is 36.6 Å². The summed E-state index contributed by atoms with van der Waals surface area (Å²) >= 11 is 0. The lowest BCUT2D eigenvalue weighted by atomic mass is 10.0. The molecule has 0 spiro atoms. The van der Waals surface area contributed by atoms with Gasteiger partial charge in [-0.05, 0) is 81.3 Å². The zero-order valence-electron chi connectivity index (χ0n) is 21.9. The number of aryl methyl sites for hydroxylation is 2. The van der Waals surface area contributed by atoms with Crippen LogP contribution in [0.3, 0.4) is 0 Å². The highest BCUT2D eigenvalue weighted by Gasteiger charge is 2.39. The summed E-state index contributed by atoms with van der Waals surface area (Å²) in [6, 6.07) is 12.1. The van der Waals surface area contributed by atoms with E-state index in [0.717, 1.165) is 39.7 Å². The second-order valence-corrected chi connectivity index (χ2v) is 9.04. The molecule has 2 heterocycles. The number of ether oxygens (including phenoxy) is 2. The highest BCUT2D eigenvalue weighted by molar-refractivity contribution is 6.23. The van der Waals surface area contributed by atoms with E-state index in [9.17, 15) is 22.8 Å². The molecular formula is C29H27F3N2O4. The second-order valence-electron chi connectivity index (χ2n) is 9.04. The molecule has 6 nitrogen and oxygen atoms in total. The van der Waals surface area contributed by atoms with E-state index >= 15 is 0 Å². The van der Waals surface area contributed by atoms with Gasteiger partial charge in [0.2, 0.25) is 0 Å². The van der Waals surface area contributed by atoms with Crippen LogP contribution in [0.15, 0.2) is 65.4 Å². The van der Waals surface area contributed by atoms with Crippen LogP contribution in [-0.4, -0.2) is 30.7 Å². The smallest absolute Gasteiger partial charge is 0.416 e. The minimum atomic E-state index is -4.59. The molecule has 0 aliphatic carbocycles. The third-order valence-electron chi connectivity index (χ3n) is 6.57. The predicted molar refractivity (Wildman–Crippen MR) is 138 cm³/mol. The maximum Gasteiger partial charge on any atom is 0.416 e. The van der Waals surface area contributed by atoms with Crippen LogP contribution in [0.1, 0.15) is 35.0 Å². The Kier molecular flexibility index (Phi) is 6.97. The molecule has 38 heavy (non-hydrogen) atoms. The van der Waals surface area contributed by atoms with E-state index in [2.05, 4.69) is 0 Å². The molecular weight excluding hydrogens is 497 g/mol. The Morgan fingerprint density at radius 2 is 1.68 bits per heavy atom. The molecule has 1 aliphatic rings. The highest BCUT2D eigenvalue weighted by atomic mass is 19.4. The van der Waals surface area contributed by atoms with Gasteiger partial charge in [-0.25, -0.2) is 4.79 Å². The average molecular weight is 525 g/mol. The summed E-state index contributed by atoms with van der Waals surface area (Å²) in [5.41, 5.74) is 3.46. The summed E-state index contributed by atoms with van der Waals surface area (Å²) in [5, 5.41) is 0. The molecule has 0 atom stereocenters. The van der Waals surface area contributed by atoms with Crippen LogP contribution in [0.5, 0.6) is 5.75 Å². The summed E-state index contributed by atoms with van der Waals surface area (Å²) in [5.74, 6) is -0.721. The van der Waals surface area contributed by atoms with Crippen molar-refractivity contribution < 1.29 is 32.2 Å². The molecule has 0 saturated heterocycles. The van der Waals surface area contributed by atoms with Crippen LogP contribution in [0.25, 0.3) is 11.8 Å². The number of amides is 1. The Morgan fingerprint density at radius 1 is 0.974 bits per heavy atom. The van der Waals surface area contributed by atoms with Gasteiger partial charge in [0.25, 0.3) is 5.91 Å². The number of anilines is 1. The predicted octanol–water partition coefficient (Wildman–Crippen LogP) is 6.31. The van der Waals surface area contributed by atoms with Crippen molar-refractivity contribution in [1.82, 2.24) is 4.57 Å². The van der Waals surface area contributed by atoms with Gasteiger partial charge in [-0.3, -0.25) is 9.69 Å². The van der Waals surface area contributed by atoms with Crippen LogP contribution in [0, 0.1) is 20.8 Å². The van der Waals surface area contributed by atoms with Gasteiger partial charge in [0.1, 0.15) is 5.75 Å². The SMILES string of the molecule is COC(=O)C1=C(C)N(c2cccc(C(F)(F)F)c2)C(=O)/C1=C\c1cc(C)n(-c2cc(C)ccc2OC)c1C. The maximum absolute atomic E-state index is 13.6. The molecule has 0 N–H and O–H groups in total. The molecule has 0 fully saturated rings. The summed E-state index contributed by atoms with van der Waals surface area (Å²) in [4.78, 5) is 27.5. The number of halogens is 3. The zero-order chi connectivity index (χ0) is 27.9. The van der Waals surface area contributed by atoms with Gasteiger partial charge in [-0.1, -0.05) is 12.1 Å². The normalized spacial score (nSPS) is 15.0. The molecule has 4 rings (SSSR count). The molecule has 1 aromatic heterocycles. The molecule has 1 amide bonds. The summed E-state index contributed by atoms with van der Waals surface area (Å²) in [6.45, 7) is 7.26. The standard InChI is InChI=1S/C29H27F3N2O4/c1-16-10-11-25(37-5)24(12-16)33-17(2)13-20(18(33)3)14-23-26(28(36)38-6)19(4)34(27(23)35)22-9-7-8-21(15-22)29(30,31)32/h7-15H,1-6H3/b23-14-. The fourth-order valence-electron chi connectivity index (χ4n) is 4.75. The minimum absolute atomic E-state index is 0.00194. The van der Waals surface area contributed by atoms with Crippen molar-refractivity contribution in [2.45, 2.75) is 33.9 Å². The van der Waals surface area contributed by atoms with Crippen molar-refractivity contribution in [3.63, 3.8) is 0 Å². The van der Waals surface area contributed by atoms with Crippen molar-refractivity contribution in [3.8, 4) is 11.4 Å². The van der Waals surface area contributed by atoms with Gasteiger partial charge in [0, 0.05) is 22.8 Å². The molecule has 0 radical (unpaired) electrons. The lowest BCUT2D eigenvalue weighted by molar-refractivity contribution is -0.137. The maximum atomic E-state index is 13.6. The van der Waals surface area contributed by atoms with Crippen molar-refractivity contribution in [1.29, 1.82) is 0 Å². The number of carbonyl (C=O) groups excluding carboxylic acids is 2. The van der Waals surface area contributed by atoms with Gasteiger partial charge in [-0.2, -0.15) is 13.2 Å². The van der Waals surface area contributed by atoms with Crippen molar-refractivity contribution in [3.05, 3.63) is 93.5 Å². The number of rotatable bonds is 5. The van der Waals surface area contributed by atoms with E-state index in [1.54, 1.807) is 13.2 Å². The molecule has 2 aromatic carbocycles. The Labute approximate surface area is 218 Å². The number of allylic oxidation sites excluding steroid dienone is 1. The number of hydrogen-bond donors (Lipinski definition) is 0. The van der Waals surface area contributed by atoms with E-state index in [1.807, 2.05) is 49.6 Å². The lowest BCUT2D eigenvalue weighted by Crippen LogP contribution is -2.25. The van der Waals surface area contributed by atoms with E-state index < -0.39 is 23.6 Å². The van der Waals surface area contributed by atoms with Crippen molar-refractivity contribution in [2.24, 2.45) is 0 Å². The number of methoxy groups -OCH3 is 2. The van der Waals surface area contributed by atoms with E-state index in [4.69, 9.17) is 9.47 Å². The van der Waals surface area contributed by atoms with Crippen LogP contribution in [0.2, 0.25) is 0 Å². The molecule has 0 bridgehead atoms. The minimum Gasteiger partial charge on any atom is -0.495 e. The first-order chi connectivity index (χ1) is 17.9. The first kappa shape index (κ1) is 26.8. The van der Waals surface area contributed by atoms with E-state index in [0.29, 0.717) is 11.3 Å². The van der Waals surface area contributed by atoms with E-state index in [1.165, 1.54) is 26.2 Å². The molecule has 0 unspecified atom stereocenters. The number of esters is 1. The average Bonchev–Trinajstić information content (AvgIpc) is 3.28. The topological polar surface area (TPSA) is 60.8 Å². The molecule has 0 saturated carbocycles. The van der Waals surface area contributed by atoms with Gasteiger partial charge >= 0.3 is 12.1 Å². The number of nitrogens with zero attached hydrogens (tertiary/aromatic N) is 2. The third kappa shape index (κ3) is 4.60. The zero-order valence-corrected chi connectivity index (χ0v) is 21.9. The summed E-state index contributed by atoms with van der Waals surface area (Å²) < 4.78 is 52.6. The Balaban J connectivity index is 1.87. The van der Waals surface area contributed by atoms with Gasteiger partial charge in [0.15, 0.2) is 0 Å². The van der Waals surface area contributed by atoms with Crippen LogP contribution < -0.4 is 9.64 Å². The Morgan fingerprint density at radius 3 is 2.32 bits per heavy atom. The van der Waals surface area contributed by atoms with Crippen LogP contribution in [0.4, 0.5) is 18.9 Å². The fourth-order valence-corrected chi connectivity index (χ4v) is 4.75. The van der Waals surface area contributed by atoms with Crippen LogP contribution >= 0.6 is 0 Å². The fraction of sp³-hybridized carbons (Fsp3) is 0.241. The highest BCUT2D eigenvalue weighted by Crippen LogP contribution is 2.39. The first-order valence-electron chi connectivity index (χ1n) is 11.8. The second kappa shape index (κ2) is 9.89. The summed E-state index contributed by atoms with van der Waals surface area (Å²) in [6.07, 6.45) is -3.01. The largest absolute Gasteiger partial charge is 0.495 e. The first-order valence-corrected chi connectivity index (χ1v) is 11.8.